The van der Waals surface area contributed by atoms with Gasteiger partial charge in [0.05, 0.1) is 35.2 Å². The number of carbonyl (C=O) groups is 1. The minimum atomic E-state index is -0.412. The number of carbonyl (C=O) groups excluding carboxylic acids is 1. The molecule has 0 saturated heterocycles. The fourth-order valence-corrected chi connectivity index (χ4v) is 5.02. The van der Waals surface area contributed by atoms with Crippen LogP contribution in [0.1, 0.15) is 90.8 Å². The first-order valence-corrected chi connectivity index (χ1v) is 16.9. The van der Waals surface area contributed by atoms with Gasteiger partial charge in [-0.25, -0.2) is 14.8 Å². The van der Waals surface area contributed by atoms with Crippen LogP contribution in [0.3, 0.4) is 0 Å². The molecule has 9 heteroatoms. The number of aliphatic hydroxyl groups is 1. The Bertz CT molecular complexity index is 1690. The predicted molar refractivity (Wildman–Crippen MR) is 193 cm³/mol. The minimum Gasteiger partial charge on any atom is -0.513 e. The van der Waals surface area contributed by atoms with Crippen LogP contribution in [0.25, 0.3) is 22.7 Å². The maximum Gasteiger partial charge on any atom is 0.333 e. The molecule has 1 aliphatic heterocycles. The van der Waals surface area contributed by atoms with E-state index in [1.54, 1.807) is 6.92 Å². The van der Waals surface area contributed by atoms with E-state index in [0.29, 0.717) is 66.1 Å². The van der Waals surface area contributed by atoms with Crippen molar-refractivity contribution in [1.29, 1.82) is 0 Å². The van der Waals surface area contributed by atoms with E-state index in [-0.39, 0.29) is 18.8 Å². The van der Waals surface area contributed by atoms with Crippen molar-refractivity contribution in [3.8, 4) is 5.75 Å². The molecule has 9 nitrogen and oxygen atoms in total. The van der Waals surface area contributed by atoms with E-state index < -0.39 is 5.97 Å². The fraction of sp³-hybridized carbons (Fsp3) is 0.447. The van der Waals surface area contributed by atoms with E-state index in [1.807, 2.05) is 52.0 Å². The fourth-order valence-electron chi connectivity index (χ4n) is 5.02. The molecule has 0 atom stereocenters. The molecule has 0 radical (unpaired) electrons. The van der Waals surface area contributed by atoms with Gasteiger partial charge in [-0.1, -0.05) is 73.3 Å². The Morgan fingerprint density at radius 1 is 0.957 bits per heavy atom. The summed E-state index contributed by atoms with van der Waals surface area (Å²) in [7, 11) is 0. The summed E-state index contributed by atoms with van der Waals surface area (Å²) in [6.45, 7) is 22.3. The Morgan fingerprint density at radius 3 is 2.30 bits per heavy atom. The lowest BCUT2D eigenvalue weighted by Gasteiger charge is -2.17. The molecule has 47 heavy (non-hydrogen) atoms. The summed E-state index contributed by atoms with van der Waals surface area (Å²) >= 11 is 0. The van der Waals surface area contributed by atoms with Gasteiger partial charge in [-0.2, -0.15) is 0 Å². The van der Waals surface area contributed by atoms with E-state index in [9.17, 15) is 9.90 Å². The van der Waals surface area contributed by atoms with Crippen LogP contribution in [-0.2, 0) is 28.8 Å². The van der Waals surface area contributed by atoms with Gasteiger partial charge in [-0.05, 0) is 73.2 Å². The van der Waals surface area contributed by atoms with Gasteiger partial charge >= 0.3 is 5.97 Å². The monoisotopic (exact) mass is 643 g/mol. The molecule has 2 bridgehead atoms. The van der Waals surface area contributed by atoms with Crippen LogP contribution < -0.4 is 21.2 Å². The third kappa shape index (κ3) is 10.6. The van der Waals surface area contributed by atoms with Gasteiger partial charge < -0.3 is 20.3 Å². The van der Waals surface area contributed by atoms with Gasteiger partial charge in [0.1, 0.15) is 22.6 Å². The van der Waals surface area contributed by atoms with Crippen molar-refractivity contribution >= 4 is 40.0 Å². The Hall–Kier alpha value is -4.37. The van der Waals surface area contributed by atoms with Crippen LogP contribution in [0.4, 0.5) is 11.4 Å². The lowest BCUT2D eigenvalue weighted by atomic mass is 10.00. The molecule has 5 rings (SSSR count). The van der Waals surface area contributed by atoms with Crippen molar-refractivity contribution in [2.45, 2.75) is 93.4 Å². The molecule has 254 valence electrons. The number of aliphatic hydroxyl groups excluding tert-OH is 1. The zero-order chi connectivity index (χ0) is 34.9. The SMILES string of the molecule is C=C(O)Cc1ccc2c3nc4c(nc13)=CCCC=4CCOc1cc(CCOC(=O)C(=C)C)c(CCN)cc1N=N2.CC.CC.CCC. The highest BCUT2D eigenvalue weighted by atomic mass is 16.5. The number of fused-ring (bicyclic) bond motifs is 1. The maximum atomic E-state index is 11.9. The summed E-state index contributed by atoms with van der Waals surface area (Å²) in [6, 6.07) is 7.62. The largest absolute Gasteiger partial charge is 0.513 e. The number of ether oxygens (including phenoxy) is 2. The molecule has 0 unspecified atom stereocenters. The highest BCUT2D eigenvalue weighted by Crippen LogP contribution is 2.35. The lowest BCUT2D eigenvalue weighted by Crippen LogP contribution is -2.36. The maximum absolute atomic E-state index is 11.9. The third-order valence-electron chi connectivity index (χ3n) is 7.00. The van der Waals surface area contributed by atoms with Gasteiger partial charge in [-0.15, -0.1) is 10.2 Å². The number of benzene rings is 2. The van der Waals surface area contributed by atoms with Gasteiger partial charge in [0, 0.05) is 24.8 Å². The molecule has 1 aliphatic carbocycles. The second kappa shape index (κ2) is 20.0. The van der Waals surface area contributed by atoms with Crippen molar-refractivity contribution in [3.05, 3.63) is 76.1 Å². The summed E-state index contributed by atoms with van der Waals surface area (Å²) in [5.41, 5.74) is 12.7. The summed E-state index contributed by atoms with van der Waals surface area (Å²) in [5, 5.41) is 20.8. The molecular formula is C38H53N5O4. The molecule has 1 aromatic heterocycles. The van der Waals surface area contributed by atoms with E-state index in [0.717, 1.165) is 40.2 Å². The Labute approximate surface area is 280 Å². The molecule has 3 N–H and O–H groups in total. The number of allylic oxidation sites excluding steroid dienone is 1. The molecule has 0 fully saturated rings. The van der Waals surface area contributed by atoms with Crippen LogP contribution in [0.5, 0.6) is 5.75 Å². The Morgan fingerprint density at radius 2 is 1.64 bits per heavy atom. The molecule has 2 aromatic carbocycles. The molecular weight excluding hydrogens is 590 g/mol. The normalized spacial score (nSPS) is 12.6. The molecule has 2 aliphatic rings. The Kier molecular flexibility index (Phi) is 16.5. The number of nitrogens with zero attached hydrogens (tertiary/aromatic N) is 4. The number of aromatic nitrogens is 2. The highest BCUT2D eigenvalue weighted by molar-refractivity contribution is 5.89. The first kappa shape index (κ1) is 38.8. The van der Waals surface area contributed by atoms with Gasteiger partial charge in [0.25, 0.3) is 0 Å². The van der Waals surface area contributed by atoms with E-state index >= 15 is 0 Å². The minimum absolute atomic E-state index is 0.0598. The van der Waals surface area contributed by atoms with Crippen LogP contribution in [0.15, 0.2) is 59.0 Å². The number of esters is 1. The first-order chi connectivity index (χ1) is 22.7. The molecule has 0 spiro atoms. The topological polar surface area (TPSA) is 132 Å². The lowest BCUT2D eigenvalue weighted by molar-refractivity contribution is -0.138. The van der Waals surface area contributed by atoms with E-state index in [2.05, 4.69) is 43.3 Å². The summed E-state index contributed by atoms with van der Waals surface area (Å²) in [4.78, 5) is 21.8. The molecule has 0 amide bonds. The third-order valence-corrected chi connectivity index (χ3v) is 7.00. The number of hydrogen-bond donors (Lipinski definition) is 2. The second-order valence-electron chi connectivity index (χ2n) is 10.8. The smallest absolute Gasteiger partial charge is 0.333 e. The Balaban J connectivity index is 0.00000102. The molecule has 3 aromatic rings. The van der Waals surface area contributed by atoms with Crippen LogP contribution >= 0.6 is 0 Å². The predicted octanol–water partition coefficient (Wildman–Crippen LogP) is 7.80. The second-order valence-corrected chi connectivity index (χ2v) is 10.8. The van der Waals surface area contributed by atoms with E-state index in [4.69, 9.17) is 25.2 Å². The van der Waals surface area contributed by atoms with Crippen LogP contribution in [0.2, 0.25) is 0 Å². The molecule has 0 saturated carbocycles. The van der Waals surface area contributed by atoms with E-state index in [1.165, 1.54) is 12.0 Å². The van der Waals surface area contributed by atoms with Crippen LogP contribution in [0, 0.1) is 0 Å². The average molecular weight is 644 g/mol. The average Bonchev–Trinajstić information content (AvgIpc) is 3.06. The quantitative estimate of drug-likeness (QED) is 0.145. The van der Waals surface area contributed by atoms with Crippen molar-refractivity contribution in [1.82, 2.24) is 9.97 Å². The highest BCUT2D eigenvalue weighted by Gasteiger charge is 2.17. The zero-order valence-electron chi connectivity index (χ0n) is 29.4. The molecule has 2 heterocycles. The van der Waals surface area contributed by atoms with Gasteiger partial charge in [0.2, 0.25) is 0 Å². The van der Waals surface area contributed by atoms with Crippen LogP contribution in [-0.4, -0.2) is 40.8 Å². The summed E-state index contributed by atoms with van der Waals surface area (Å²) in [6.07, 6.45) is 7.21. The van der Waals surface area contributed by atoms with Crippen molar-refractivity contribution in [2.24, 2.45) is 16.0 Å². The van der Waals surface area contributed by atoms with Gasteiger partial charge in [-0.3, -0.25) is 0 Å². The number of hydrogen-bond acceptors (Lipinski definition) is 9. The first-order valence-electron chi connectivity index (χ1n) is 16.9. The summed E-state index contributed by atoms with van der Waals surface area (Å²) in [5.74, 6) is 0.253. The standard InChI is InChI=1S/C31H33N5O4.C3H8.2C2H6/c1-18(2)31(38)40-14-11-22-17-27-26(16-21(22)9-12-32)36-35-25-8-7-23(15-19(3)37)29-30(25)34-28-20(10-13-39-27)5-4-6-24(28)33-29;1-3-2;2*1-2/h6-8,16-17,37H,1,3-5,9-15,32H2,2H3;3H2,1-2H3;2*1-2H3. The number of azo groups is 1. The number of rotatable bonds is 8. The van der Waals surface area contributed by atoms with Crippen molar-refractivity contribution in [2.75, 3.05) is 19.8 Å². The van der Waals surface area contributed by atoms with Gasteiger partial charge in [0.15, 0.2) is 0 Å². The zero-order valence-corrected chi connectivity index (χ0v) is 29.4. The van der Waals surface area contributed by atoms with Crippen molar-refractivity contribution in [3.63, 3.8) is 0 Å². The van der Waals surface area contributed by atoms with Crippen molar-refractivity contribution < 1.29 is 19.4 Å². The number of nitrogens with two attached hydrogens (primary N) is 1. The summed E-state index contributed by atoms with van der Waals surface area (Å²) < 4.78 is 11.6.